The van der Waals surface area contributed by atoms with Crippen LogP contribution in [0.25, 0.3) is 11.2 Å². The maximum absolute atomic E-state index is 10.8. The molecule has 2 aromatic rings. The summed E-state index contributed by atoms with van der Waals surface area (Å²) in [7, 11) is -4.46. The molecule has 2 heterocycles. The van der Waals surface area contributed by atoms with E-state index in [-0.39, 0.29) is 24.5 Å². The van der Waals surface area contributed by atoms with Crippen molar-refractivity contribution < 1.29 is 18.9 Å². The molecule has 2 aliphatic carbocycles. The highest BCUT2D eigenvalue weighted by molar-refractivity contribution is 7.46. The second-order valence-electron chi connectivity index (χ2n) is 6.41. The molecule has 2 aliphatic rings. The van der Waals surface area contributed by atoms with Gasteiger partial charge in [-0.15, -0.1) is 0 Å². The molecule has 1 saturated carbocycles. The topological polar surface area (TPSA) is 148 Å². The van der Waals surface area contributed by atoms with Gasteiger partial charge >= 0.3 is 7.82 Å². The molecule has 0 unspecified atom stereocenters. The highest BCUT2D eigenvalue weighted by atomic mass is 31.2. The summed E-state index contributed by atoms with van der Waals surface area (Å²) in [6.07, 6.45) is 8.40. The summed E-state index contributed by atoms with van der Waals surface area (Å²) in [6, 6.07) is 0.390. The van der Waals surface area contributed by atoms with Crippen molar-refractivity contribution >= 4 is 30.8 Å². The van der Waals surface area contributed by atoms with Crippen molar-refractivity contribution in [3.63, 3.8) is 0 Å². The Balaban J connectivity index is 1.55. The summed E-state index contributed by atoms with van der Waals surface area (Å²) in [6.45, 7) is -0.0322. The molecule has 0 bridgehead atoms. The zero-order valence-electron chi connectivity index (χ0n) is 13.3. The Hall–Kier alpha value is -2.00. The third-order valence-corrected chi connectivity index (χ3v) is 4.81. The predicted molar refractivity (Wildman–Crippen MR) is 90.7 cm³/mol. The van der Waals surface area contributed by atoms with Crippen molar-refractivity contribution in [1.29, 1.82) is 0 Å². The lowest BCUT2D eigenvalue weighted by Crippen LogP contribution is -2.11. The Morgan fingerprint density at radius 1 is 1.36 bits per heavy atom. The first kappa shape index (κ1) is 16.5. The van der Waals surface area contributed by atoms with Crippen LogP contribution < -0.4 is 11.1 Å². The van der Waals surface area contributed by atoms with Gasteiger partial charge in [-0.3, -0.25) is 4.52 Å². The van der Waals surface area contributed by atoms with E-state index in [4.69, 9.17) is 15.5 Å². The number of nitrogens with zero attached hydrogens (tertiary/aromatic N) is 4. The smallest absolute Gasteiger partial charge is 0.368 e. The van der Waals surface area contributed by atoms with Crippen molar-refractivity contribution in [3.05, 3.63) is 18.5 Å². The van der Waals surface area contributed by atoms with Crippen LogP contribution in [0.1, 0.15) is 25.3 Å². The fraction of sp³-hybridized carbons (Fsp3) is 0.500. The number of imidazole rings is 1. The molecule has 0 amide bonds. The number of anilines is 2. The van der Waals surface area contributed by atoms with Crippen LogP contribution in [0.5, 0.6) is 0 Å². The number of phosphoric acid groups is 1. The van der Waals surface area contributed by atoms with Crippen LogP contribution in [-0.2, 0) is 9.09 Å². The van der Waals surface area contributed by atoms with E-state index in [2.05, 4.69) is 24.8 Å². The summed E-state index contributed by atoms with van der Waals surface area (Å²) >= 11 is 0. The summed E-state index contributed by atoms with van der Waals surface area (Å²) in [5, 5.41) is 3.32. The van der Waals surface area contributed by atoms with E-state index in [1.54, 1.807) is 6.33 Å². The van der Waals surface area contributed by atoms with Gasteiger partial charge < -0.3 is 25.4 Å². The van der Waals surface area contributed by atoms with Gasteiger partial charge in [0, 0.05) is 12.0 Å². The molecule has 4 rings (SSSR count). The van der Waals surface area contributed by atoms with Crippen LogP contribution in [0.4, 0.5) is 11.8 Å². The Kier molecular flexibility index (Phi) is 3.99. The highest BCUT2D eigenvalue weighted by Gasteiger charge is 2.27. The van der Waals surface area contributed by atoms with E-state index in [1.807, 2.05) is 16.7 Å². The number of phosphoric ester groups is 1. The number of rotatable bonds is 6. The lowest BCUT2D eigenvalue weighted by Gasteiger charge is -2.14. The first-order valence-corrected chi connectivity index (χ1v) is 9.57. The maximum atomic E-state index is 10.8. The minimum atomic E-state index is -4.46. The van der Waals surface area contributed by atoms with Gasteiger partial charge in [-0.05, 0) is 19.3 Å². The summed E-state index contributed by atoms with van der Waals surface area (Å²) in [4.78, 5) is 30.6. The highest BCUT2D eigenvalue weighted by Crippen LogP contribution is 2.39. The molecular weight excluding hydrogens is 347 g/mol. The molecule has 2 atom stereocenters. The van der Waals surface area contributed by atoms with Crippen LogP contribution >= 0.6 is 7.82 Å². The first-order chi connectivity index (χ1) is 11.9. The Labute approximate surface area is 143 Å². The number of aromatic nitrogens is 4. The van der Waals surface area contributed by atoms with Gasteiger partial charge in [0.25, 0.3) is 0 Å². The largest absolute Gasteiger partial charge is 0.469 e. The minimum absolute atomic E-state index is 0.0292. The third-order valence-electron chi connectivity index (χ3n) is 4.32. The van der Waals surface area contributed by atoms with Gasteiger partial charge in [0.1, 0.15) is 0 Å². The van der Waals surface area contributed by atoms with Crippen molar-refractivity contribution in [3.8, 4) is 0 Å². The van der Waals surface area contributed by atoms with Crippen LogP contribution in [0, 0.1) is 5.92 Å². The molecule has 0 radical (unpaired) electrons. The Bertz CT molecular complexity index is 874. The molecule has 0 aromatic carbocycles. The second-order valence-corrected chi connectivity index (χ2v) is 7.65. The van der Waals surface area contributed by atoms with Crippen molar-refractivity contribution in [2.75, 3.05) is 17.7 Å². The van der Waals surface area contributed by atoms with E-state index < -0.39 is 7.82 Å². The first-order valence-electron chi connectivity index (χ1n) is 8.04. The molecule has 0 saturated heterocycles. The van der Waals surface area contributed by atoms with Gasteiger partial charge in [0.05, 0.1) is 19.0 Å². The molecule has 1 fully saturated rings. The van der Waals surface area contributed by atoms with Gasteiger partial charge in [0.2, 0.25) is 5.95 Å². The van der Waals surface area contributed by atoms with Crippen LogP contribution in [0.3, 0.4) is 0 Å². The van der Waals surface area contributed by atoms with Crippen LogP contribution in [-0.4, -0.2) is 42.0 Å². The fourth-order valence-corrected chi connectivity index (χ4v) is 3.36. The molecule has 134 valence electrons. The normalized spacial score (nSPS) is 23.4. The predicted octanol–water partition coefficient (Wildman–Crippen LogP) is 1.21. The average molecular weight is 366 g/mol. The molecule has 10 nitrogen and oxygen atoms in total. The maximum Gasteiger partial charge on any atom is 0.469 e. The minimum Gasteiger partial charge on any atom is -0.368 e. The SMILES string of the molecule is Nc1nc(NC2CC2)c2ncn([C@@H]3C=C[C@H](COP(=O)(O)O)C3)c2n1. The van der Waals surface area contributed by atoms with E-state index in [0.29, 0.717) is 29.4 Å². The van der Waals surface area contributed by atoms with E-state index >= 15 is 0 Å². The van der Waals surface area contributed by atoms with Gasteiger partial charge in [0.15, 0.2) is 17.0 Å². The van der Waals surface area contributed by atoms with Crippen LogP contribution in [0.15, 0.2) is 18.5 Å². The monoisotopic (exact) mass is 366 g/mol. The van der Waals surface area contributed by atoms with Crippen molar-refractivity contribution in [2.24, 2.45) is 5.92 Å². The molecule has 0 aliphatic heterocycles. The van der Waals surface area contributed by atoms with Crippen LogP contribution in [0.2, 0.25) is 0 Å². The summed E-state index contributed by atoms with van der Waals surface area (Å²) in [5.74, 6) is 0.742. The zero-order valence-corrected chi connectivity index (χ0v) is 14.2. The molecule has 11 heteroatoms. The fourth-order valence-electron chi connectivity index (χ4n) is 2.97. The number of nitrogens with one attached hydrogen (secondary N) is 1. The quantitative estimate of drug-likeness (QED) is 0.437. The van der Waals surface area contributed by atoms with Gasteiger partial charge in [-0.25, -0.2) is 9.55 Å². The number of nitrogen functional groups attached to an aromatic ring is 1. The summed E-state index contributed by atoms with van der Waals surface area (Å²) in [5.41, 5.74) is 7.15. The lowest BCUT2D eigenvalue weighted by molar-refractivity contribution is 0.177. The Morgan fingerprint density at radius 2 is 2.16 bits per heavy atom. The standard InChI is InChI=1S/C14H19N6O4P/c15-14-18-12(17-9-2-3-9)11-13(19-14)20(7-16-11)10-4-1-8(5-10)6-24-25(21,22)23/h1,4,7-10H,2-3,5-6H2,(H2,21,22,23)(H3,15,17,18,19)/t8-,10+/m0/s1. The van der Waals surface area contributed by atoms with E-state index in [0.717, 1.165) is 12.8 Å². The number of allylic oxidation sites excluding steroid dienone is 1. The molecule has 5 N–H and O–H groups in total. The third kappa shape index (κ3) is 3.67. The number of nitrogens with two attached hydrogens (primary N) is 1. The number of fused-ring (bicyclic) bond motifs is 1. The molecule has 2 aromatic heterocycles. The molecule has 0 spiro atoms. The molecule has 25 heavy (non-hydrogen) atoms. The average Bonchev–Trinajstić information content (AvgIpc) is 3.06. The van der Waals surface area contributed by atoms with E-state index in [9.17, 15) is 4.57 Å². The zero-order chi connectivity index (χ0) is 17.6. The summed E-state index contributed by atoms with van der Waals surface area (Å²) < 4.78 is 17.3. The van der Waals surface area contributed by atoms with Gasteiger partial charge in [-0.2, -0.15) is 9.97 Å². The van der Waals surface area contributed by atoms with E-state index in [1.165, 1.54) is 0 Å². The van der Waals surface area contributed by atoms with Crippen molar-refractivity contribution in [2.45, 2.75) is 31.3 Å². The Morgan fingerprint density at radius 3 is 2.88 bits per heavy atom. The number of hydrogen-bond acceptors (Lipinski definition) is 7. The lowest BCUT2D eigenvalue weighted by atomic mass is 10.1. The molecular formula is C14H19N6O4P. The van der Waals surface area contributed by atoms with Crippen molar-refractivity contribution in [1.82, 2.24) is 19.5 Å². The second kappa shape index (κ2) is 6.06. The number of hydrogen-bond donors (Lipinski definition) is 4. The van der Waals surface area contributed by atoms with Gasteiger partial charge in [-0.1, -0.05) is 12.2 Å².